The van der Waals surface area contributed by atoms with Gasteiger partial charge in [0.25, 0.3) is 0 Å². The molecule has 0 saturated heterocycles. The molecule has 0 aromatic carbocycles. The van der Waals surface area contributed by atoms with Crippen LogP contribution >= 0.6 is 0 Å². The maximum atomic E-state index is 12.1. The minimum absolute atomic E-state index is 0.0333. The molecule has 1 rings (SSSR count). The maximum absolute atomic E-state index is 12.1. The summed E-state index contributed by atoms with van der Waals surface area (Å²) in [6.07, 6.45) is 1.98. The normalized spacial score (nSPS) is 13.2. The molecular weight excluding hydrogens is 280 g/mol. The van der Waals surface area contributed by atoms with Crippen molar-refractivity contribution in [1.29, 1.82) is 0 Å². The van der Waals surface area contributed by atoms with Crippen LogP contribution in [0.1, 0.15) is 12.6 Å². The van der Waals surface area contributed by atoms with Gasteiger partial charge in [-0.05, 0) is 12.1 Å². The lowest BCUT2D eigenvalue weighted by atomic mass is 10.2. The van der Waals surface area contributed by atoms with Gasteiger partial charge in [0.15, 0.2) is 0 Å². The van der Waals surface area contributed by atoms with Crippen molar-refractivity contribution in [3.63, 3.8) is 0 Å². The molecule has 0 aliphatic carbocycles. The summed E-state index contributed by atoms with van der Waals surface area (Å²) in [7, 11) is -0.658. The van der Waals surface area contributed by atoms with Crippen molar-refractivity contribution in [3.05, 3.63) is 30.1 Å². The molecule has 0 saturated carbocycles. The van der Waals surface area contributed by atoms with Crippen LogP contribution in [0.25, 0.3) is 0 Å². The predicted molar refractivity (Wildman–Crippen MR) is 75.5 cm³/mol. The number of carbonyl (C=O) groups excluding carboxylic acids is 1. The van der Waals surface area contributed by atoms with Crippen LogP contribution in [-0.2, 0) is 26.0 Å². The highest BCUT2D eigenvalue weighted by molar-refractivity contribution is 7.89. The molecule has 20 heavy (non-hydrogen) atoms. The van der Waals surface area contributed by atoms with Gasteiger partial charge in [-0.3, -0.25) is 9.78 Å². The van der Waals surface area contributed by atoms with Gasteiger partial charge >= 0.3 is 5.97 Å². The molecular formula is C13H20N2O4S. The highest BCUT2D eigenvalue weighted by Gasteiger charge is 2.23. The van der Waals surface area contributed by atoms with Gasteiger partial charge < -0.3 is 4.74 Å². The third kappa shape index (κ3) is 4.90. The fourth-order valence-corrected chi connectivity index (χ4v) is 2.94. The molecule has 0 fully saturated rings. The maximum Gasteiger partial charge on any atom is 0.309 e. The Balaban J connectivity index is 2.57. The first-order chi connectivity index (χ1) is 9.36. The monoisotopic (exact) mass is 300 g/mol. The van der Waals surface area contributed by atoms with Crippen molar-refractivity contribution >= 4 is 16.0 Å². The van der Waals surface area contributed by atoms with E-state index in [4.69, 9.17) is 0 Å². The molecule has 0 aliphatic rings. The number of carbonyl (C=O) groups is 1. The number of methoxy groups -OCH3 is 1. The Labute approximate surface area is 119 Å². The van der Waals surface area contributed by atoms with E-state index in [2.05, 4.69) is 9.72 Å². The summed E-state index contributed by atoms with van der Waals surface area (Å²) < 4.78 is 30.0. The van der Waals surface area contributed by atoms with E-state index >= 15 is 0 Å². The molecule has 0 bridgehead atoms. The zero-order chi connectivity index (χ0) is 15.2. The molecule has 0 aliphatic heterocycles. The summed E-state index contributed by atoms with van der Waals surface area (Å²) in [6, 6.07) is 5.38. The first kappa shape index (κ1) is 16.6. The van der Waals surface area contributed by atoms with Crippen LogP contribution in [0.4, 0.5) is 0 Å². The smallest absolute Gasteiger partial charge is 0.309 e. The van der Waals surface area contributed by atoms with Crippen LogP contribution in [0.2, 0.25) is 0 Å². The summed E-state index contributed by atoms with van der Waals surface area (Å²) in [5.41, 5.74) is 0.727. The SMILES string of the molecule is COC(=O)C(C)CN(C)S(=O)(=O)CCc1ccccn1. The third-order valence-electron chi connectivity index (χ3n) is 2.95. The summed E-state index contributed by atoms with van der Waals surface area (Å²) in [4.78, 5) is 15.4. The van der Waals surface area contributed by atoms with E-state index in [1.54, 1.807) is 25.3 Å². The van der Waals surface area contributed by atoms with Crippen LogP contribution in [0.3, 0.4) is 0 Å². The van der Waals surface area contributed by atoms with Gasteiger partial charge in [-0.25, -0.2) is 12.7 Å². The Kier molecular flexibility index (Phi) is 6.09. The summed E-state index contributed by atoms with van der Waals surface area (Å²) in [5.74, 6) is -0.944. The summed E-state index contributed by atoms with van der Waals surface area (Å²) in [5, 5.41) is 0. The molecule has 1 unspecified atom stereocenters. The number of esters is 1. The van der Waals surface area contributed by atoms with Gasteiger partial charge in [0.2, 0.25) is 10.0 Å². The Morgan fingerprint density at radius 2 is 2.15 bits per heavy atom. The number of aryl methyl sites for hydroxylation is 1. The number of ether oxygens (including phenoxy) is 1. The number of rotatable bonds is 7. The van der Waals surface area contributed by atoms with Crippen LogP contribution < -0.4 is 0 Å². The Morgan fingerprint density at radius 1 is 1.45 bits per heavy atom. The van der Waals surface area contributed by atoms with Crippen molar-refractivity contribution in [2.75, 3.05) is 26.5 Å². The molecule has 1 heterocycles. The van der Waals surface area contributed by atoms with Crippen molar-refractivity contribution in [3.8, 4) is 0 Å². The van der Waals surface area contributed by atoms with Crippen molar-refractivity contribution in [2.24, 2.45) is 5.92 Å². The highest BCUT2D eigenvalue weighted by Crippen LogP contribution is 2.07. The molecule has 0 radical (unpaired) electrons. The van der Waals surface area contributed by atoms with E-state index in [1.165, 1.54) is 18.5 Å². The Morgan fingerprint density at radius 3 is 2.70 bits per heavy atom. The Hall–Kier alpha value is -1.47. The molecule has 1 aromatic heterocycles. The van der Waals surface area contributed by atoms with Gasteiger partial charge in [-0.1, -0.05) is 13.0 Å². The minimum Gasteiger partial charge on any atom is -0.469 e. The van der Waals surface area contributed by atoms with Crippen LogP contribution in [0, 0.1) is 5.92 Å². The molecule has 1 atom stereocenters. The van der Waals surface area contributed by atoms with Gasteiger partial charge in [0, 0.05) is 31.9 Å². The van der Waals surface area contributed by atoms with Gasteiger partial charge in [0.1, 0.15) is 0 Å². The fraction of sp³-hybridized carbons (Fsp3) is 0.538. The van der Waals surface area contributed by atoms with Gasteiger partial charge in [0.05, 0.1) is 18.8 Å². The second-order valence-corrected chi connectivity index (χ2v) is 6.79. The van der Waals surface area contributed by atoms with Crippen LogP contribution in [0.5, 0.6) is 0 Å². The van der Waals surface area contributed by atoms with E-state index in [0.29, 0.717) is 6.42 Å². The number of aromatic nitrogens is 1. The van der Waals surface area contributed by atoms with E-state index in [9.17, 15) is 13.2 Å². The van der Waals surface area contributed by atoms with Crippen LogP contribution in [0.15, 0.2) is 24.4 Å². The van der Waals surface area contributed by atoms with Gasteiger partial charge in [-0.2, -0.15) is 0 Å². The molecule has 0 N–H and O–H groups in total. The lowest BCUT2D eigenvalue weighted by Crippen LogP contribution is -2.36. The zero-order valence-corrected chi connectivity index (χ0v) is 12.8. The first-order valence-corrected chi connectivity index (χ1v) is 7.89. The molecule has 6 nitrogen and oxygen atoms in total. The van der Waals surface area contributed by atoms with Crippen molar-refractivity contribution in [2.45, 2.75) is 13.3 Å². The standard InChI is InChI=1S/C13H20N2O4S/c1-11(13(16)19-3)10-15(2)20(17,18)9-7-12-6-4-5-8-14-12/h4-6,8,11H,7,9-10H2,1-3H3. The highest BCUT2D eigenvalue weighted by atomic mass is 32.2. The molecule has 112 valence electrons. The molecule has 1 aromatic rings. The lowest BCUT2D eigenvalue weighted by molar-refractivity contribution is -0.144. The zero-order valence-electron chi connectivity index (χ0n) is 11.9. The number of pyridine rings is 1. The van der Waals surface area contributed by atoms with Gasteiger partial charge in [-0.15, -0.1) is 0 Å². The van der Waals surface area contributed by atoms with E-state index < -0.39 is 21.9 Å². The number of nitrogens with zero attached hydrogens (tertiary/aromatic N) is 2. The number of hydrogen-bond acceptors (Lipinski definition) is 5. The summed E-state index contributed by atoms with van der Waals surface area (Å²) in [6.45, 7) is 1.74. The quantitative estimate of drug-likeness (QED) is 0.693. The van der Waals surface area contributed by atoms with Crippen molar-refractivity contribution in [1.82, 2.24) is 9.29 Å². The average Bonchev–Trinajstić information content (AvgIpc) is 2.45. The number of sulfonamides is 1. The lowest BCUT2D eigenvalue weighted by Gasteiger charge is -2.19. The molecule has 7 heteroatoms. The van der Waals surface area contributed by atoms with E-state index in [1.807, 2.05) is 6.07 Å². The largest absolute Gasteiger partial charge is 0.469 e. The second kappa shape index (κ2) is 7.35. The molecule has 0 amide bonds. The second-order valence-electron chi connectivity index (χ2n) is 4.59. The topological polar surface area (TPSA) is 76.6 Å². The van der Waals surface area contributed by atoms with E-state index in [-0.39, 0.29) is 12.3 Å². The Bertz CT molecular complexity index is 531. The average molecular weight is 300 g/mol. The predicted octanol–water partition coefficient (Wildman–Crippen LogP) is 0.695. The first-order valence-electron chi connectivity index (χ1n) is 6.28. The van der Waals surface area contributed by atoms with Crippen LogP contribution in [-0.4, -0.2) is 50.1 Å². The minimum atomic E-state index is -3.41. The number of hydrogen-bond donors (Lipinski definition) is 0. The van der Waals surface area contributed by atoms with Crippen molar-refractivity contribution < 1.29 is 17.9 Å². The third-order valence-corrected chi connectivity index (χ3v) is 4.77. The summed E-state index contributed by atoms with van der Waals surface area (Å²) >= 11 is 0. The fourth-order valence-electron chi connectivity index (χ4n) is 1.71. The molecule has 0 spiro atoms. The van der Waals surface area contributed by atoms with E-state index in [0.717, 1.165) is 5.69 Å².